The van der Waals surface area contributed by atoms with Crippen LogP contribution in [0.5, 0.6) is 0 Å². The van der Waals surface area contributed by atoms with Crippen LogP contribution >= 0.6 is 23.2 Å². The van der Waals surface area contributed by atoms with Crippen LogP contribution in [0.4, 0.5) is 0 Å². The average molecular weight is 289 g/mol. The van der Waals surface area contributed by atoms with Crippen LogP contribution in [-0.4, -0.2) is 12.2 Å². The monoisotopic (exact) mass is 288 g/mol. The van der Waals surface area contributed by atoms with Crippen molar-refractivity contribution in [3.8, 4) is 0 Å². The van der Waals surface area contributed by atoms with Crippen LogP contribution in [0.3, 0.4) is 0 Å². The molecule has 18 heavy (non-hydrogen) atoms. The first-order valence-corrected chi connectivity index (χ1v) is 6.87. The van der Waals surface area contributed by atoms with E-state index in [1.165, 1.54) is 0 Å². The second-order valence-electron chi connectivity index (χ2n) is 4.89. The molecule has 2 unspecified atom stereocenters. The van der Waals surface area contributed by atoms with E-state index in [1.54, 1.807) is 6.07 Å². The van der Waals surface area contributed by atoms with Crippen molar-refractivity contribution in [1.82, 2.24) is 5.43 Å². The lowest BCUT2D eigenvalue weighted by atomic mass is 9.84. The molecule has 3 N–H and O–H groups in total. The SMILES string of the molecule is CC1(C(NN)c2ccc(Cl)c(Cl)c2)CCCCO1. The van der Waals surface area contributed by atoms with Crippen LogP contribution in [0.15, 0.2) is 18.2 Å². The smallest absolute Gasteiger partial charge is 0.0861 e. The van der Waals surface area contributed by atoms with E-state index < -0.39 is 0 Å². The Hall–Kier alpha value is -0.320. The standard InChI is InChI=1S/C13H18Cl2N2O/c1-13(6-2-3-7-18-13)12(17-16)9-4-5-10(14)11(15)8-9/h4-5,8,12,17H,2-3,6-7,16H2,1H3. The van der Waals surface area contributed by atoms with Crippen molar-refractivity contribution in [2.24, 2.45) is 5.84 Å². The molecule has 3 nitrogen and oxygen atoms in total. The van der Waals surface area contributed by atoms with Gasteiger partial charge < -0.3 is 4.74 Å². The van der Waals surface area contributed by atoms with Crippen LogP contribution in [0.2, 0.25) is 10.0 Å². The lowest BCUT2D eigenvalue weighted by Gasteiger charge is -2.40. The molecule has 2 atom stereocenters. The molecule has 0 amide bonds. The fourth-order valence-electron chi connectivity index (χ4n) is 2.50. The van der Waals surface area contributed by atoms with Crippen LogP contribution in [0.1, 0.15) is 37.8 Å². The van der Waals surface area contributed by atoms with E-state index in [1.807, 2.05) is 12.1 Å². The molecule has 0 saturated carbocycles. The second kappa shape index (κ2) is 5.76. The maximum atomic E-state index is 6.06. The summed E-state index contributed by atoms with van der Waals surface area (Å²) in [6.07, 6.45) is 3.23. The molecule has 0 bridgehead atoms. The fraction of sp³-hybridized carbons (Fsp3) is 0.538. The minimum atomic E-state index is -0.301. The van der Waals surface area contributed by atoms with Gasteiger partial charge in [0.25, 0.3) is 0 Å². The predicted molar refractivity (Wildman–Crippen MR) is 74.7 cm³/mol. The molecular formula is C13H18Cl2N2O. The van der Waals surface area contributed by atoms with E-state index in [0.717, 1.165) is 31.4 Å². The van der Waals surface area contributed by atoms with Crippen LogP contribution in [0.25, 0.3) is 0 Å². The molecule has 0 radical (unpaired) electrons. The molecular weight excluding hydrogens is 271 g/mol. The summed E-state index contributed by atoms with van der Waals surface area (Å²) in [6, 6.07) is 5.47. The van der Waals surface area contributed by atoms with E-state index in [0.29, 0.717) is 10.0 Å². The van der Waals surface area contributed by atoms with Crippen molar-refractivity contribution in [3.05, 3.63) is 33.8 Å². The van der Waals surface area contributed by atoms with E-state index in [9.17, 15) is 0 Å². The Bertz CT molecular complexity index is 419. The zero-order chi connectivity index (χ0) is 13.2. The molecule has 1 aromatic rings. The third-order valence-electron chi connectivity index (χ3n) is 3.55. The molecule has 1 aromatic carbocycles. The van der Waals surface area contributed by atoms with E-state index >= 15 is 0 Å². The highest BCUT2D eigenvalue weighted by molar-refractivity contribution is 6.42. The molecule has 1 heterocycles. The number of rotatable bonds is 3. The zero-order valence-corrected chi connectivity index (χ0v) is 11.9. The van der Waals surface area contributed by atoms with Gasteiger partial charge in [-0.2, -0.15) is 0 Å². The van der Waals surface area contributed by atoms with Crippen LogP contribution in [-0.2, 0) is 4.74 Å². The topological polar surface area (TPSA) is 47.3 Å². The highest BCUT2D eigenvalue weighted by Crippen LogP contribution is 2.37. The molecule has 5 heteroatoms. The van der Waals surface area contributed by atoms with Gasteiger partial charge in [0, 0.05) is 6.61 Å². The summed E-state index contributed by atoms with van der Waals surface area (Å²) >= 11 is 12.0. The van der Waals surface area contributed by atoms with Gasteiger partial charge >= 0.3 is 0 Å². The van der Waals surface area contributed by atoms with Gasteiger partial charge in [-0.25, -0.2) is 0 Å². The van der Waals surface area contributed by atoms with E-state index in [2.05, 4.69) is 12.3 Å². The first-order valence-electron chi connectivity index (χ1n) is 6.12. The summed E-state index contributed by atoms with van der Waals surface area (Å²) in [4.78, 5) is 0. The third kappa shape index (κ3) is 2.81. The molecule has 0 aliphatic carbocycles. The molecule has 1 aliphatic rings. The number of nitrogens with two attached hydrogens (primary N) is 1. The molecule has 1 saturated heterocycles. The first-order chi connectivity index (χ1) is 8.57. The van der Waals surface area contributed by atoms with Crippen molar-refractivity contribution < 1.29 is 4.74 Å². The number of nitrogens with one attached hydrogen (secondary N) is 1. The highest BCUT2D eigenvalue weighted by Gasteiger charge is 2.37. The summed E-state index contributed by atoms with van der Waals surface area (Å²) < 4.78 is 5.92. The third-order valence-corrected chi connectivity index (χ3v) is 4.29. The number of halogens is 2. The lowest BCUT2D eigenvalue weighted by Crippen LogP contribution is -2.48. The summed E-state index contributed by atoms with van der Waals surface area (Å²) in [5, 5.41) is 1.08. The number of ether oxygens (including phenoxy) is 1. The number of hydrogen-bond donors (Lipinski definition) is 2. The van der Waals surface area contributed by atoms with Gasteiger partial charge in [0.2, 0.25) is 0 Å². The van der Waals surface area contributed by atoms with Crippen molar-refractivity contribution in [2.75, 3.05) is 6.61 Å². The van der Waals surface area contributed by atoms with Gasteiger partial charge in [0.15, 0.2) is 0 Å². The van der Waals surface area contributed by atoms with Gasteiger partial charge in [0.1, 0.15) is 0 Å². The van der Waals surface area contributed by atoms with Gasteiger partial charge in [-0.15, -0.1) is 0 Å². The molecule has 1 fully saturated rings. The predicted octanol–water partition coefficient (Wildman–Crippen LogP) is 3.46. The van der Waals surface area contributed by atoms with Crippen molar-refractivity contribution in [3.63, 3.8) is 0 Å². The number of hydrazine groups is 1. The van der Waals surface area contributed by atoms with Gasteiger partial charge in [-0.1, -0.05) is 29.3 Å². The van der Waals surface area contributed by atoms with Crippen molar-refractivity contribution >= 4 is 23.2 Å². The van der Waals surface area contributed by atoms with Crippen molar-refractivity contribution in [1.29, 1.82) is 0 Å². The van der Waals surface area contributed by atoms with Crippen LogP contribution in [0, 0.1) is 0 Å². The van der Waals surface area contributed by atoms with Crippen LogP contribution < -0.4 is 11.3 Å². The maximum absolute atomic E-state index is 6.06. The first kappa shape index (κ1) is 14.1. The molecule has 1 aliphatic heterocycles. The Balaban J connectivity index is 2.29. The Morgan fingerprint density at radius 2 is 2.11 bits per heavy atom. The lowest BCUT2D eigenvalue weighted by molar-refractivity contribution is -0.0898. The van der Waals surface area contributed by atoms with Crippen molar-refractivity contribution in [2.45, 2.75) is 37.8 Å². The normalized spacial score (nSPS) is 26.0. The Kier molecular flexibility index (Phi) is 4.51. The van der Waals surface area contributed by atoms with Gasteiger partial charge in [-0.3, -0.25) is 11.3 Å². The summed E-state index contributed by atoms with van der Waals surface area (Å²) in [5.41, 5.74) is 3.54. The maximum Gasteiger partial charge on any atom is 0.0861 e. The Morgan fingerprint density at radius 1 is 1.33 bits per heavy atom. The van der Waals surface area contributed by atoms with Gasteiger partial charge in [-0.05, 0) is 43.9 Å². The minimum absolute atomic E-state index is 0.0902. The quantitative estimate of drug-likeness (QED) is 0.661. The highest BCUT2D eigenvalue weighted by atomic mass is 35.5. The number of benzene rings is 1. The second-order valence-corrected chi connectivity index (χ2v) is 5.71. The number of hydrogen-bond acceptors (Lipinski definition) is 3. The molecule has 0 aromatic heterocycles. The molecule has 100 valence electrons. The fourth-order valence-corrected chi connectivity index (χ4v) is 2.81. The van der Waals surface area contributed by atoms with E-state index in [4.69, 9.17) is 33.8 Å². The minimum Gasteiger partial charge on any atom is -0.373 e. The summed E-state index contributed by atoms with van der Waals surface area (Å²) in [7, 11) is 0. The molecule has 0 spiro atoms. The largest absolute Gasteiger partial charge is 0.373 e. The Labute approximate surface area is 118 Å². The Morgan fingerprint density at radius 3 is 2.67 bits per heavy atom. The zero-order valence-electron chi connectivity index (χ0n) is 10.4. The average Bonchev–Trinajstić information content (AvgIpc) is 2.35. The van der Waals surface area contributed by atoms with E-state index in [-0.39, 0.29) is 11.6 Å². The summed E-state index contributed by atoms with van der Waals surface area (Å²) in [6.45, 7) is 2.86. The molecule has 2 rings (SSSR count). The van der Waals surface area contributed by atoms with Gasteiger partial charge in [0.05, 0.1) is 21.7 Å². The summed E-state index contributed by atoms with van der Waals surface area (Å²) in [5.74, 6) is 5.70.